The highest BCUT2D eigenvalue weighted by Gasteiger charge is 2.05. The van der Waals surface area contributed by atoms with Gasteiger partial charge in [0.2, 0.25) is 0 Å². The van der Waals surface area contributed by atoms with Crippen LogP contribution in [0.5, 0.6) is 0 Å². The molecule has 0 radical (unpaired) electrons. The Morgan fingerprint density at radius 2 is 0.967 bits per heavy atom. The number of hydrogen-bond acceptors (Lipinski definition) is 1. The quantitative estimate of drug-likeness (QED) is 0.310. The number of pyridine rings is 4. The SMILES string of the molecule is c1cc(-c2cc[n+](CCCCCC[n+]3ccc(-c4cc[nH+]cc4)cc3)cc2)ccn1. The first-order valence-corrected chi connectivity index (χ1v) is 10.7. The zero-order valence-corrected chi connectivity index (χ0v) is 17.3. The summed E-state index contributed by atoms with van der Waals surface area (Å²) in [5, 5.41) is 0. The zero-order chi connectivity index (χ0) is 20.4. The number of aromatic nitrogens is 4. The number of H-pyrrole nitrogens is 1. The maximum Gasteiger partial charge on any atom is 0.169 e. The van der Waals surface area contributed by atoms with Gasteiger partial charge in [-0.3, -0.25) is 4.98 Å². The molecule has 0 unspecified atom stereocenters. The molecule has 150 valence electrons. The standard InChI is InChI=1S/C26H28N4/c1(3-17-29-19-9-25(10-20-29)23-5-13-27-14-6-23)2-4-18-30-21-11-26(12-22-30)24-7-15-28-16-8-24/h5-16,19-22H,1-4,17-18H2/q+2/p+1. The van der Waals surface area contributed by atoms with Crippen molar-refractivity contribution in [2.75, 3.05) is 0 Å². The summed E-state index contributed by atoms with van der Waals surface area (Å²) in [6, 6.07) is 17.1. The fraction of sp³-hybridized carbons (Fsp3) is 0.231. The normalized spacial score (nSPS) is 10.8. The predicted molar refractivity (Wildman–Crippen MR) is 117 cm³/mol. The number of unbranched alkanes of at least 4 members (excludes halogenated alkanes) is 3. The Morgan fingerprint density at radius 3 is 1.47 bits per heavy atom. The molecule has 4 aromatic heterocycles. The highest BCUT2D eigenvalue weighted by Crippen LogP contribution is 2.16. The van der Waals surface area contributed by atoms with Gasteiger partial charge in [-0.05, 0) is 47.2 Å². The summed E-state index contributed by atoms with van der Waals surface area (Å²) in [6.07, 6.45) is 21.3. The molecular formula is C26H29N4+3. The number of aryl methyl sites for hydroxylation is 2. The van der Waals surface area contributed by atoms with Crippen LogP contribution >= 0.6 is 0 Å². The van der Waals surface area contributed by atoms with Crippen LogP contribution in [0.1, 0.15) is 25.7 Å². The molecular weight excluding hydrogens is 368 g/mol. The summed E-state index contributed by atoms with van der Waals surface area (Å²) >= 11 is 0. The summed E-state index contributed by atoms with van der Waals surface area (Å²) in [4.78, 5) is 7.15. The molecule has 4 heteroatoms. The van der Waals surface area contributed by atoms with Crippen molar-refractivity contribution in [2.45, 2.75) is 38.8 Å². The maximum absolute atomic E-state index is 4.08. The molecule has 4 aromatic rings. The molecule has 0 spiro atoms. The molecule has 0 fully saturated rings. The van der Waals surface area contributed by atoms with Crippen molar-refractivity contribution in [2.24, 2.45) is 0 Å². The van der Waals surface area contributed by atoms with Crippen molar-refractivity contribution in [3.05, 3.63) is 98.1 Å². The first-order valence-electron chi connectivity index (χ1n) is 10.7. The van der Waals surface area contributed by atoms with E-state index in [1.54, 1.807) is 0 Å². The van der Waals surface area contributed by atoms with Gasteiger partial charge < -0.3 is 0 Å². The summed E-state index contributed by atoms with van der Waals surface area (Å²) in [5.74, 6) is 0. The van der Waals surface area contributed by atoms with Crippen LogP contribution < -0.4 is 14.1 Å². The highest BCUT2D eigenvalue weighted by atomic mass is 14.9. The Morgan fingerprint density at radius 1 is 0.533 bits per heavy atom. The van der Waals surface area contributed by atoms with Gasteiger partial charge in [-0.25, -0.2) is 14.1 Å². The molecule has 1 N–H and O–H groups in total. The molecule has 4 rings (SSSR count). The Kier molecular flexibility index (Phi) is 6.90. The van der Waals surface area contributed by atoms with Gasteiger partial charge in [-0.2, -0.15) is 0 Å². The summed E-state index contributed by atoms with van der Waals surface area (Å²) < 4.78 is 4.56. The lowest BCUT2D eigenvalue weighted by Gasteiger charge is -2.02. The second kappa shape index (κ2) is 10.4. The minimum absolute atomic E-state index is 1.08. The van der Waals surface area contributed by atoms with Crippen molar-refractivity contribution in [3.63, 3.8) is 0 Å². The molecule has 0 atom stereocenters. The lowest BCUT2D eigenvalue weighted by Crippen LogP contribution is -2.33. The molecule has 0 aliphatic heterocycles. The number of nitrogens with zero attached hydrogens (tertiary/aromatic N) is 3. The van der Waals surface area contributed by atoms with Crippen LogP contribution in [0.4, 0.5) is 0 Å². The molecule has 30 heavy (non-hydrogen) atoms. The summed E-state index contributed by atoms with van der Waals surface area (Å²) in [6.45, 7) is 2.16. The van der Waals surface area contributed by atoms with Gasteiger partial charge in [-0.15, -0.1) is 0 Å². The van der Waals surface area contributed by atoms with Gasteiger partial charge in [-0.1, -0.05) is 0 Å². The van der Waals surface area contributed by atoms with Gasteiger partial charge in [0.15, 0.2) is 37.2 Å². The van der Waals surface area contributed by atoms with Crippen molar-refractivity contribution < 1.29 is 14.1 Å². The second-order valence-electron chi connectivity index (χ2n) is 7.59. The van der Waals surface area contributed by atoms with E-state index in [9.17, 15) is 0 Å². The lowest BCUT2D eigenvalue weighted by molar-refractivity contribution is -0.698. The highest BCUT2D eigenvalue weighted by molar-refractivity contribution is 5.61. The first-order chi connectivity index (χ1) is 14.9. The Bertz CT molecular complexity index is 927. The van der Waals surface area contributed by atoms with E-state index in [0.29, 0.717) is 0 Å². The van der Waals surface area contributed by atoms with Gasteiger partial charge in [0, 0.05) is 61.6 Å². The third kappa shape index (κ3) is 5.57. The van der Waals surface area contributed by atoms with E-state index >= 15 is 0 Å². The van der Waals surface area contributed by atoms with Crippen molar-refractivity contribution in [3.8, 4) is 22.3 Å². The van der Waals surface area contributed by atoms with E-state index in [1.165, 1.54) is 47.9 Å². The van der Waals surface area contributed by atoms with E-state index < -0.39 is 0 Å². The van der Waals surface area contributed by atoms with E-state index in [0.717, 1.165) is 13.1 Å². The number of rotatable bonds is 9. The van der Waals surface area contributed by atoms with Crippen LogP contribution in [0.25, 0.3) is 22.3 Å². The maximum atomic E-state index is 4.08. The smallest absolute Gasteiger partial charge is 0.169 e. The van der Waals surface area contributed by atoms with Gasteiger partial charge in [0.05, 0.1) is 0 Å². The molecule has 0 amide bonds. The number of hydrogen-bond donors (Lipinski definition) is 0. The Labute approximate surface area is 178 Å². The van der Waals surface area contributed by atoms with Crippen LogP contribution in [0.2, 0.25) is 0 Å². The third-order valence-electron chi connectivity index (χ3n) is 5.43. The van der Waals surface area contributed by atoms with Crippen LogP contribution in [0, 0.1) is 0 Å². The van der Waals surface area contributed by atoms with Crippen molar-refractivity contribution in [1.82, 2.24) is 4.98 Å². The topological polar surface area (TPSA) is 34.8 Å². The predicted octanol–water partition coefficient (Wildman–Crippen LogP) is 4.07. The minimum Gasteiger partial charge on any atom is -0.265 e. The molecule has 4 heterocycles. The molecule has 4 nitrogen and oxygen atoms in total. The molecule has 0 saturated carbocycles. The number of nitrogens with one attached hydrogen (secondary N) is 1. The van der Waals surface area contributed by atoms with E-state index in [1.807, 2.05) is 36.9 Å². The Hall–Kier alpha value is -3.40. The molecule has 0 bridgehead atoms. The molecule has 0 aliphatic rings. The largest absolute Gasteiger partial charge is 0.265 e. The number of aromatic amines is 1. The van der Waals surface area contributed by atoms with Crippen molar-refractivity contribution >= 4 is 0 Å². The zero-order valence-electron chi connectivity index (χ0n) is 17.3. The van der Waals surface area contributed by atoms with Crippen LogP contribution in [-0.4, -0.2) is 4.98 Å². The Balaban J connectivity index is 1.15. The minimum atomic E-state index is 1.08. The fourth-order valence-corrected chi connectivity index (χ4v) is 3.66. The van der Waals surface area contributed by atoms with Crippen LogP contribution in [0.3, 0.4) is 0 Å². The van der Waals surface area contributed by atoms with Crippen LogP contribution in [-0.2, 0) is 13.1 Å². The average molecular weight is 398 g/mol. The van der Waals surface area contributed by atoms with Gasteiger partial charge in [0.25, 0.3) is 0 Å². The summed E-state index contributed by atoms with van der Waals surface area (Å²) in [7, 11) is 0. The van der Waals surface area contributed by atoms with Crippen molar-refractivity contribution in [1.29, 1.82) is 0 Å². The van der Waals surface area contributed by atoms with E-state index in [-0.39, 0.29) is 0 Å². The fourth-order valence-electron chi connectivity index (χ4n) is 3.66. The molecule has 0 saturated heterocycles. The molecule has 0 aromatic carbocycles. The van der Waals surface area contributed by atoms with Gasteiger partial charge in [0.1, 0.15) is 13.1 Å². The van der Waals surface area contributed by atoms with Gasteiger partial charge >= 0.3 is 0 Å². The third-order valence-corrected chi connectivity index (χ3v) is 5.43. The monoisotopic (exact) mass is 397 g/mol. The summed E-state index contributed by atoms with van der Waals surface area (Å²) in [5.41, 5.74) is 4.95. The average Bonchev–Trinajstić information content (AvgIpc) is 2.83. The van der Waals surface area contributed by atoms with E-state index in [4.69, 9.17) is 0 Å². The lowest BCUT2D eigenvalue weighted by atomic mass is 10.1. The molecule has 0 aliphatic carbocycles. The van der Waals surface area contributed by atoms with Crippen LogP contribution in [0.15, 0.2) is 98.1 Å². The second-order valence-corrected chi connectivity index (χ2v) is 7.59. The first kappa shape index (κ1) is 19.9. The van der Waals surface area contributed by atoms with E-state index in [2.05, 4.69) is 80.3 Å².